The second-order valence-electron chi connectivity index (χ2n) is 11.1. The zero-order valence-corrected chi connectivity index (χ0v) is 21.1. The second kappa shape index (κ2) is 9.81. The average Bonchev–Trinajstić information content (AvgIpc) is 2.85. The molecule has 35 heavy (non-hydrogen) atoms. The minimum absolute atomic E-state index is 0.0509. The van der Waals surface area contributed by atoms with Gasteiger partial charge in [-0.1, -0.05) is 32.9 Å². The van der Waals surface area contributed by atoms with Crippen LogP contribution in [0.1, 0.15) is 63.6 Å². The lowest BCUT2D eigenvalue weighted by atomic mass is 9.70. The van der Waals surface area contributed by atoms with Gasteiger partial charge in [0.1, 0.15) is 17.7 Å². The van der Waals surface area contributed by atoms with Crippen molar-refractivity contribution in [3.05, 3.63) is 53.3 Å². The van der Waals surface area contributed by atoms with Crippen molar-refractivity contribution in [3.8, 4) is 16.9 Å². The standard InChI is InChI=1S/C29H37FN2O3/c1-4-14-34-22-7-5-6-20(15-22)23-16-21-8-11-29(2,3)27(24(21)17-25(23)30)31-28(33)35-26-18-32-12-9-19(26)10-13-32/h5-7,15-17,19,26-27H,4,8-14,18H2,1-3H3,(H,31,33)/t26-,27-/m0/s1. The summed E-state index contributed by atoms with van der Waals surface area (Å²) < 4.78 is 27.2. The summed E-state index contributed by atoms with van der Waals surface area (Å²) in [6.07, 6.45) is 4.40. The molecule has 6 rings (SSSR count). The van der Waals surface area contributed by atoms with Crippen LogP contribution in [0.2, 0.25) is 0 Å². The summed E-state index contributed by atoms with van der Waals surface area (Å²) in [6, 6.07) is 10.9. The Morgan fingerprint density at radius 2 is 2.00 bits per heavy atom. The number of benzene rings is 2. The van der Waals surface area contributed by atoms with E-state index in [1.807, 2.05) is 30.3 Å². The number of carbonyl (C=O) groups is 1. The molecule has 0 radical (unpaired) electrons. The number of carbonyl (C=O) groups excluding carboxylic acids is 1. The van der Waals surface area contributed by atoms with Gasteiger partial charge in [0.05, 0.1) is 12.6 Å². The predicted molar refractivity (Wildman–Crippen MR) is 135 cm³/mol. The lowest BCUT2D eigenvalue weighted by Gasteiger charge is -2.44. The highest BCUT2D eigenvalue weighted by Crippen LogP contribution is 2.45. The highest BCUT2D eigenvalue weighted by Gasteiger charge is 2.40. The average molecular weight is 481 g/mol. The molecule has 2 aromatic carbocycles. The quantitative estimate of drug-likeness (QED) is 0.542. The maximum absolute atomic E-state index is 15.5. The van der Waals surface area contributed by atoms with Crippen molar-refractivity contribution < 1.29 is 18.7 Å². The molecule has 0 spiro atoms. The van der Waals surface area contributed by atoms with Gasteiger partial charge < -0.3 is 14.8 Å². The molecule has 6 heteroatoms. The first-order valence-electron chi connectivity index (χ1n) is 13.1. The van der Waals surface area contributed by atoms with E-state index < -0.39 is 0 Å². The topological polar surface area (TPSA) is 50.8 Å². The van der Waals surface area contributed by atoms with E-state index in [9.17, 15) is 4.79 Å². The van der Waals surface area contributed by atoms with Crippen LogP contribution in [-0.4, -0.2) is 43.3 Å². The molecule has 3 fully saturated rings. The molecule has 0 aromatic heterocycles. The first kappa shape index (κ1) is 24.1. The molecule has 3 aliphatic heterocycles. The smallest absolute Gasteiger partial charge is 0.407 e. The lowest BCUT2D eigenvalue weighted by molar-refractivity contribution is -0.0353. The Labute approximate surface area is 208 Å². The number of nitrogens with zero attached hydrogens (tertiary/aromatic N) is 1. The molecular formula is C29H37FN2O3. The molecule has 1 amide bonds. The molecule has 0 saturated carbocycles. The van der Waals surface area contributed by atoms with Crippen LogP contribution in [0.4, 0.5) is 9.18 Å². The molecule has 0 unspecified atom stereocenters. The van der Waals surface area contributed by atoms with Crippen molar-refractivity contribution >= 4 is 6.09 Å². The monoisotopic (exact) mass is 480 g/mol. The van der Waals surface area contributed by atoms with Crippen LogP contribution in [0.15, 0.2) is 36.4 Å². The third-order valence-electron chi connectivity index (χ3n) is 8.09. The molecule has 2 atom stereocenters. The number of halogens is 1. The molecule has 3 saturated heterocycles. The summed E-state index contributed by atoms with van der Waals surface area (Å²) in [5.41, 5.74) is 3.10. The Hall–Kier alpha value is -2.60. The van der Waals surface area contributed by atoms with Gasteiger partial charge in [0.2, 0.25) is 0 Å². The maximum atomic E-state index is 15.5. The number of aryl methyl sites for hydroxylation is 1. The Kier molecular flexibility index (Phi) is 6.75. The summed E-state index contributed by atoms with van der Waals surface area (Å²) in [5, 5.41) is 3.12. The van der Waals surface area contributed by atoms with Gasteiger partial charge in [-0.15, -0.1) is 0 Å². The van der Waals surface area contributed by atoms with Gasteiger partial charge in [0, 0.05) is 12.1 Å². The summed E-state index contributed by atoms with van der Waals surface area (Å²) in [4.78, 5) is 15.4. The predicted octanol–water partition coefficient (Wildman–Crippen LogP) is 6.12. The van der Waals surface area contributed by atoms with Gasteiger partial charge in [0.15, 0.2) is 0 Å². The summed E-state index contributed by atoms with van der Waals surface area (Å²) >= 11 is 0. The third-order valence-corrected chi connectivity index (χ3v) is 8.09. The molecule has 4 aliphatic rings. The van der Waals surface area contributed by atoms with Crippen molar-refractivity contribution in [2.75, 3.05) is 26.2 Å². The SMILES string of the molecule is CCCOc1cccc(-c2cc3c(cc2F)[C@H](NC(=O)O[C@H]2CN4CCC2CC4)C(C)(C)CC3)c1. The zero-order chi connectivity index (χ0) is 24.6. The lowest BCUT2D eigenvalue weighted by Crippen LogP contribution is -2.53. The van der Waals surface area contributed by atoms with Crippen LogP contribution < -0.4 is 10.1 Å². The van der Waals surface area contributed by atoms with Crippen LogP contribution in [0.3, 0.4) is 0 Å². The number of hydrogen-bond acceptors (Lipinski definition) is 4. The number of amides is 1. The van der Waals surface area contributed by atoms with E-state index in [4.69, 9.17) is 9.47 Å². The van der Waals surface area contributed by atoms with Crippen molar-refractivity contribution in [3.63, 3.8) is 0 Å². The van der Waals surface area contributed by atoms with Crippen LogP contribution in [-0.2, 0) is 11.2 Å². The number of nitrogens with one attached hydrogen (secondary N) is 1. The fourth-order valence-electron chi connectivity index (χ4n) is 5.94. The Balaban J connectivity index is 1.37. The molecule has 188 valence electrons. The van der Waals surface area contributed by atoms with Crippen LogP contribution in [0.25, 0.3) is 11.1 Å². The largest absolute Gasteiger partial charge is 0.494 e. The number of alkyl carbamates (subject to hydrolysis) is 1. The highest BCUT2D eigenvalue weighted by molar-refractivity contribution is 5.70. The molecule has 1 aliphatic carbocycles. The summed E-state index contributed by atoms with van der Waals surface area (Å²) in [6.45, 7) is 9.99. The minimum atomic E-state index is -0.389. The number of fused-ring (bicyclic) bond motifs is 4. The number of hydrogen-bond donors (Lipinski definition) is 1. The summed E-state index contributed by atoms with van der Waals surface area (Å²) in [5.74, 6) is 0.916. The summed E-state index contributed by atoms with van der Waals surface area (Å²) in [7, 11) is 0. The van der Waals surface area contributed by atoms with Crippen molar-refractivity contribution in [1.82, 2.24) is 10.2 Å². The number of piperidine rings is 3. The van der Waals surface area contributed by atoms with E-state index in [0.29, 0.717) is 18.1 Å². The molecule has 5 nitrogen and oxygen atoms in total. The van der Waals surface area contributed by atoms with Gasteiger partial charge in [-0.3, -0.25) is 4.90 Å². The fourth-order valence-corrected chi connectivity index (χ4v) is 5.94. The molecule has 2 aromatic rings. The molecule has 2 bridgehead atoms. The van der Waals surface area contributed by atoms with Crippen molar-refractivity contribution in [1.29, 1.82) is 0 Å². The first-order chi connectivity index (χ1) is 16.8. The van der Waals surface area contributed by atoms with E-state index in [0.717, 1.165) is 74.2 Å². The van der Waals surface area contributed by atoms with Gasteiger partial charge in [-0.05, 0) is 97.5 Å². The third kappa shape index (κ3) is 5.04. The van der Waals surface area contributed by atoms with Crippen LogP contribution in [0, 0.1) is 17.2 Å². The minimum Gasteiger partial charge on any atom is -0.494 e. The first-order valence-corrected chi connectivity index (χ1v) is 13.1. The van der Waals surface area contributed by atoms with Gasteiger partial charge in [-0.2, -0.15) is 0 Å². The van der Waals surface area contributed by atoms with Crippen LogP contribution >= 0.6 is 0 Å². The zero-order valence-electron chi connectivity index (χ0n) is 21.1. The van der Waals surface area contributed by atoms with Crippen molar-refractivity contribution in [2.45, 2.75) is 65.0 Å². The van der Waals surface area contributed by atoms with E-state index >= 15 is 4.39 Å². The Bertz CT molecular complexity index is 1080. The van der Waals surface area contributed by atoms with Gasteiger partial charge in [-0.25, -0.2) is 9.18 Å². The maximum Gasteiger partial charge on any atom is 0.407 e. The van der Waals surface area contributed by atoms with Gasteiger partial charge in [0.25, 0.3) is 0 Å². The van der Waals surface area contributed by atoms with E-state index in [1.54, 1.807) is 6.07 Å². The Morgan fingerprint density at radius 1 is 1.20 bits per heavy atom. The van der Waals surface area contributed by atoms with E-state index in [-0.39, 0.29) is 29.5 Å². The fraction of sp³-hybridized carbons (Fsp3) is 0.552. The second-order valence-corrected chi connectivity index (χ2v) is 11.1. The molecule has 1 N–H and O–H groups in total. The van der Waals surface area contributed by atoms with Crippen LogP contribution in [0.5, 0.6) is 5.75 Å². The molecule has 3 heterocycles. The van der Waals surface area contributed by atoms with E-state index in [1.165, 1.54) is 0 Å². The van der Waals surface area contributed by atoms with Gasteiger partial charge >= 0.3 is 6.09 Å². The van der Waals surface area contributed by atoms with E-state index in [2.05, 4.69) is 31.0 Å². The normalized spacial score (nSPS) is 26.6. The Morgan fingerprint density at radius 3 is 2.71 bits per heavy atom. The number of ether oxygens (including phenoxy) is 2. The highest BCUT2D eigenvalue weighted by atomic mass is 19.1. The van der Waals surface area contributed by atoms with Crippen molar-refractivity contribution in [2.24, 2.45) is 11.3 Å². The number of rotatable bonds is 6. The molecular weight excluding hydrogens is 443 g/mol.